The molecule has 0 bridgehead atoms. The van der Waals surface area contributed by atoms with E-state index in [4.69, 9.17) is 4.52 Å². The zero-order valence-electron chi connectivity index (χ0n) is 14.7. The molecule has 0 aliphatic rings. The van der Waals surface area contributed by atoms with E-state index in [1.165, 1.54) is 11.8 Å². The third-order valence-corrected chi connectivity index (χ3v) is 5.11. The van der Waals surface area contributed by atoms with Gasteiger partial charge in [0.05, 0.1) is 22.7 Å². The topological polar surface area (TPSA) is 71.3 Å². The summed E-state index contributed by atoms with van der Waals surface area (Å²) in [5, 5.41) is 11.9. The maximum absolute atomic E-state index is 12.6. The number of aryl methyl sites for hydroxylation is 1. The molecule has 0 saturated heterocycles. The third-order valence-electron chi connectivity index (χ3n) is 4.41. The van der Waals surface area contributed by atoms with Crippen LogP contribution in [0.3, 0.4) is 0 Å². The SMILES string of the molecule is CCN(CC)[C@@H](CNC(=O)c1cnc2onc(C)c2c1)c1ccsc1. The number of likely N-dealkylation sites (N-methyl/N-ethyl adjacent to an activating group) is 1. The number of hydrogen-bond donors (Lipinski definition) is 1. The maximum atomic E-state index is 12.6. The van der Waals surface area contributed by atoms with Crippen LogP contribution in [-0.4, -0.2) is 40.6 Å². The third kappa shape index (κ3) is 3.72. The van der Waals surface area contributed by atoms with Crippen LogP contribution in [0.4, 0.5) is 0 Å². The van der Waals surface area contributed by atoms with E-state index in [2.05, 4.69) is 51.0 Å². The van der Waals surface area contributed by atoms with Crippen molar-refractivity contribution in [2.24, 2.45) is 0 Å². The second-order valence-electron chi connectivity index (χ2n) is 5.85. The van der Waals surface area contributed by atoms with Crippen LogP contribution >= 0.6 is 11.3 Å². The van der Waals surface area contributed by atoms with Gasteiger partial charge in [0.2, 0.25) is 0 Å². The molecule has 1 N–H and O–H groups in total. The second kappa shape index (κ2) is 7.76. The minimum atomic E-state index is -0.137. The lowest BCUT2D eigenvalue weighted by Crippen LogP contribution is -2.37. The summed E-state index contributed by atoms with van der Waals surface area (Å²) in [6.07, 6.45) is 1.53. The number of amides is 1. The van der Waals surface area contributed by atoms with Gasteiger partial charge in [0.15, 0.2) is 0 Å². The van der Waals surface area contributed by atoms with Gasteiger partial charge in [-0.25, -0.2) is 4.98 Å². The predicted molar refractivity (Wildman–Crippen MR) is 98.9 cm³/mol. The molecular weight excluding hydrogens is 336 g/mol. The van der Waals surface area contributed by atoms with Crippen molar-refractivity contribution >= 4 is 28.3 Å². The molecule has 0 saturated carbocycles. The van der Waals surface area contributed by atoms with E-state index >= 15 is 0 Å². The van der Waals surface area contributed by atoms with E-state index in [-0.39, 0.29) is 11.9 Å². The smallest absolute Gasteiger partial charge is 0.257 e. The monoisotopic (exact) mass is 358 g/mol. The van der Waals surface area contributed by atoms with E-state index in [1.807, 2.05) is 6.92 Å². The van der Waals surface area contributed by atoms with Gasteiger partial charge in [0.25, 0.3) is 11.6 Å². The standard InChI is InChI=1S/C18H22N4O2S/c1-4-22(5-2)16(13-6-7-25-11-13)10-19-17(23)14-8-15-12(3)21-24-18(15)20-9-14/h6-9,11,16H,4-5,10H2,1-3H3,(H,19,23)/t16-/m0/s1. The molecule has 0 spiro atoms. The van der Waals surface area contributed by atoms with Crippen molar-refractivity contribution in [1.29, 1.82) is 0 Å². The van der Waals surface area contributed by atoms with Gasteiger partial charge in [-0.1, -0.05) is 19.0 Å². The quantitative estimate of drug-likeness (QED) is 0.701. The van der Waals surface area contributed by atoms with Gasteiger partial charge in [0.1, 0.15) is 0 Å². The molecule has 1 atom stereocenters. The van der Waals surface area contributed by atoms with Crippen molar-refractivity contribution in [3.05, 3.63) is 45.9 Å². The molecule has 3 heterocycles. The number of fused-ring (bicyclic) bond motifs is 1. The highest BCUT2D eigenvalue weighted by Crippen LogP contribution is 2.22. The molecule has 132 valence electrons. The first kappa shape index (κ1) is 17.6. The highest BCUT2D eigenvalue weighted by atomic mass is 32.1. The van der Waals surface area contributed by atoms with E-state index in [0.29, 0.717) is 17.8 Å². The van der Waals surface area contributed by atoms with Crippen molar-refractivity contribution in [1.82, 2.24) is 20.4 Å². The van der Waals surface area contributed by atoms with Crippen LogP contribution in [0.25, 0.3) is 11.1 Å². The number of pyridine rings is 1. The number of carbonyl (C=O) groups is 1. The predicted octanol–water partition coefficient (Wildman–Crippen LogP) is 3.41. The molecule has 3 aromatic heterocycles. The largest absolute Gasteiger partial charge is 0.350 e. The molecule has 6 nitrogen and oxygen atoms in total. The molecule has 3 aromatic rings. The van der Waals surface area contributed by atoms with Crippen LogP contribution in [0.15, 0.2) is 33.6 Å². The van der Waals surface area contributed by atoms with Crippen molar-refractivity contribution < 1.29 is 9.32 Å². The molecule has 25 heavy (non-hydrogen) atoms. The highest BCUT2D eigenvalue weighted by molar-refractivity contribution is 7.07. The van der Waals surface area contributed by atoms with Crippen LogP contribution in [0.5, 0.6) is 0 Å². The molecule has 7 heteroatoms. The normalized spacial score (nSPS) is 12.6. The Labute approximate surface area is 150 Å². The van der Waals surface area contributed by atoms with Crippen molar-refractivity contribution in [2.75, 3.05) is 19.6 Å². The number of thiophene rings is 1. The average molecular weight is 358 g/mol. The lowest BCUT2D eigenvalue weighted by molar-refractivity contribution is 0.0935. The summed E-state index contributed by atoms with van der Waals surface area (Å²) in [6.45, 7) is 8.52. The van der Waals surface area contributed by atoms with Crippen LogP contribution in [0.1, 0.15) is 41.5 Å². The zero-order chi connectivity index (χ0) is 17.8. The molecule has 0 aliphatic heterocycles. The van der Waals surface area contributed by atoms with E-state index in [9.17, 15) is 4.79 Å². The first-order chi connectivity index (χ1) is 12.1. The van der Waals surface area contributed by atoms with Crippen LogP contribution in [-0.2, 0) is 0 Å². The first-order valence-electron chi connectivity index (χ1n) is 8.40. The Kier molecular flexibility index (Phi) is 5.45. The van der Waals surface area contributed by atoms with Gasteiger partial charge in [-0.3, -0.25) is 9.69 Å². The lowest BCUT2D eigenvalue weighted by atomic mass is 10.1. The fourth-order valence-electron chi connectivity index (χ4n) is 2.95. The van der Waals surface area contributed by atoms with E-state index < -0.39 is 0 Å². The molecule has 0 aliphatic carbocycles. The lowest BCUT2D eigenvalue weighted by Gasteiger charge is -2.29. The number of hydrogen-bond acceptors (Lipinski definition) is 6. The fourth-order valence-corrected chi connectivity index (χ4v) is 3.65. The van der Waals surface area contributed by atoms with E-state index in [0.717, 1.165) is 24.2 Å². The van der Waals surface area contributed by atoms with Crippen molar-refractivity contribution in [2.45, 2.75) is 26.8 Å². The minimum absolute atomic E-state index is 0.137. The van der Waals surface area contributed by atoms with Crippen molar-refractivity contribution in [3.8, 4) is 0 Å². The summed E-state index contributed by atoms with van der Waals surface area (Å²) < 4.78 is 5.09. The van der Waals surface area contributed by atoms with Gasteiger partial charge in [0, 0.05) is 12.7 Å². The first-order valence-corrected chi connectivity index (χ1v) is 9.34. The molecule has 0 fully saturated rings. The summed E-state index contributed by atoms with van der Waals surface area (Å²) >= 11 is 1.67. The van der Waals surface area contributed by atoms with E-state index in [1.54, 1.807) is 17.4 Å². The fraction of sp³-hybridized carbons (Fsp3) is 0.389. The Morgan fingerprint density at radius 1 is 1.40 bits per heavy atom. The number of nitrogens with zero attached hydrogens (tertiary/aromatic N) is 3. The molecule has 0 unspecified atom stereocenters. The molecule has 0 aromatic carbocycles. The Morgan fingerprint density at radius 2 is 2.20 bits per heavy atom. The Morgan fingerprint density at radius 3 is 2.88 bits per heavy atom. The summed E-state index contributed by atoms with van der Waals surface area (Å²) in [5.41, 5.74) is 2.93. The molecule has 0 radical (unpaired) electrons. The summed E-state index contributed by atoms with van der Waals surface area (Å²) in [5.74, 6) is -0.137. The number of carbonyl (C=O) groups excluding carboxylic acids is 1. The Bertz CT molecular complexity index is 840. The van der Waals surface area contributed by atoms with Crippen LogP contribution < -0.4 is 5.32 Å². The van der Waals surface area contributed by atoms with Crippen molar-refractivity contribution in [3.63, 3.8) is 0 Å². The zero-order valence-corrected chi connectivity index (χ0v) is 15.5. The van der Waals surface area contributed by atoms with Gasteiger partial charge in [-0.2, -0.15) is 11.3 Å². The van der Waals surface area contributed by atoms with Crippen LogP contribution in [0, 0.1) is 6.92 Å². The van der Waals surface area contributed by atoms with Gasteiger partial charge < -0.3 is 9.84 Å². The van der Waals surface area contributed by atoms with Gasteiger partial charge >= 0.3 is 0 Å². The van der Waals surface area contributed by atoms with Gasteiger partial charge in [-0.05, 0) is 48.5 Å². The average Bonchev–Trinajstić information content (AvgIpc) is 3.28. The maximum Gasteiger partial charge on any atom is 0.257 e. The Balaban J connectivity index is 1.75. The molecule has 1 amide bonds. The second-order valence-corrected chi connectivity index (χ2v) is 6.63. The Hall–Kier alpha value is -2.25. The number of nitrogens with one attached hydrogen (secondary N) is 1. The number of aromatic nitrogens is 2. The van der Waals surface area contributed by atoms with Gasteiger partial charge in [-0.15, -0.1) is 0 Å². The highest BCUT2D eigenvalue weighted by Gasteiger charge is 2.20. The summed E-state index contributed by atoms with van der Waals surface area (Å²) in [6, 6.07) is 4.06. The molecular formula is C18H22N4O2S. The molecule has 3 rings (SSSR count). The van der Waals surface area contributed by atoms with Crippen LogP contribution in [0.2, 0.25) is 0 Å². The minimum Gasteiger partial charge on any atom is -0.350 e. The summed E-state index contributed by atoms with van der Waals surface area (Å²) in [4.78, 5) is 19.1. The summed E-state index contributed by atoms with van der Waals surface area (Å²) in [7, 11) is 0. The number of rotatable bonds is 7.